The molecule has 2 rings (SSSR count). The Kier molecular flexibility index (Phi) is 3.23. The summed E-state index contributed by atoms with van der Waals surface area (Å²) < 4.78 is 0. The molecule has 0 aliphatic carbocycles. The van der Waals surface area contributed by atoms with Gasteiger partial charge in [0.25, 0.3) is 5.56 Å². The van der Waals surface area contributed by atoms with Crippen LogP contribution in [0.2, 0.25) is 0 Å². The summed E-state index contributed by atoms with van der Waals surface area (Å²) in [6.07, 6.45) is 1.18. The van der Waals surface area contributed by atoms with E-state index in [2.05, 4.69) is 9.97 Å². The average molecular weight is 230 g/mol. The fraction of sp³-hybridized carbons (Fsp3) is 0.231. The molecule has 4 nitrogen and oxygen atoms in total. The van der Waals surface area contributed by atoms with Crippen LogP contribution in [0.5, 0.6) is 0 Å². The second-order valence-electron chi connectivity index (χ2n) is 3.88. The molecule has 0 saturated carbocycles. The van der Waals surface area contributed by atoms with Crippen LogP contribution in [0.3, 0.4) is 0 Å². The van der Waals surface area contributed by atoms with Crippen molar-refractivity contribution in [3.05, 3.63) is 68.0 Å². The van der Waals surface area contributed by atoms with Crippen LogP contribution in [0.15, 0.2) is 39.9 Å². The predicted octanol–water partition coefficient (Wildman–Crippen LogP) is 1.22. The lowest BCUT2D eigenvalue weighted by Gasteiger charge is -2.06. The van der Waals surface area contributed by atoms with Crippen molar-refractivity contribution in [2.24, 2.45) is 0 Å². The summed E-state index contributed by atoms with van der Waals surface area (Å²) in [6.45, 7) is 1.90. The molecule has 88 valence electrons. The Bertz CT molecular complexity index is 611. The molecule has 2 N–H and O–H groups in total. The van der Waals surface area contributed by atoms with Crippen LogP contribution in [-0.4, -0.2) is 9.97 Å². The zero-order valence-corrected chi connectivity index (χ0v) is 9.62. The molecule has 1 heterocycles. The Balaban J connectivity index is 2.45. The number of rotatable bonds is 3. The molecule has 0 radical (unpaired) electrons. The maximum Gasteiger partial charge on any atom is 0.325 e. The van der Waals surface area contributed by atoms with Gasteiger partial charge < -0.3 is 4.98 Å². The first-order valence-electron chi connectivity index (χ1n) is 5.59. The van der Waals surface area contributed by atoms with Crippen LogP contribution in [0, 0.1) is 0 Å². The van der Waals surface area contributed by atoms with Gasteiger partial charge in [0.2, 0.25) is 0 Å². The van der Waals surface area contributed by atoms with E-state index in [9.17, 15) is 9.59 Å². The third kappa shape index (κ3) is 2.53. The third-order valence-corrected chi connectivity index (χ3v) is 2.71. The monoisotopic (exact) mass is 230 g/mol. The number of hydrogen-bond donors (Lipinski definition) is 2. The average Bonchev–Trinajstić information content (AvgIpc) is 2.30. The van der Waals surface area contributed by atoms with Crippen LogP contribution in [0.4, 0.5) is 0 Å². The Morgan fingerprint density at radius 1 is 1.06 bits per heavy atom. The van der Waals surface area contributed by atoms with Crippen molar-refractivity contribution in [2.45, 2.75) is 19.8 Å². The van der Waals surface area contributed by atoms with E-state index in [1.54, 1.807) is 0 Å². The zero-order chi connectivity index (χ0) is 12.3. The van der Waals surface area contributed by atoms with E-state index >= 15 is 0 Å². The maximum atomic E-state index is 11.6. The quantitative estimate of drug-likeness (QED) is 0.832. The number of benzene rings is 1. The molecule has 0 saturated heterocycles. The van der Waals surface area contributed by atoms with Crippen molar-refractivity contribution >= 4 is 0 Å². The first-order chi connectivity index (χ1) is 8.20. The molecule has 1 aromatic carbocycles. The number of aromatic nitrogens is 2. The molecule has 0 atom stereocenters. The van der Waals surface area contributed by atoms with E-state index in [1.165, 1.54) is 0 Å². The molecule has 0 aliphatic rings. The Hall–Kier alpha value is -2.10. The Labute approximate surface area is 98.3 Å². The van der Waals surface area contributed by atoms with Crippen molar-refractivity contribution in [1.29, 1.82) is 0 Å². The first kappa shape index (κ1) is 11.4. The van der Waals surface area contributed by atoms with E-state index in [-0.39, 0.29) is 5.56 Å². The minimum absolute atomic E-state index is 0.290. The molecule has 0 spiro atoms. The molecule has 0 unspecified atom stereocenters. The summed E-state index contributed by atoms with van der Waals surface area (Å²) in [5.74, 6) is 0. The summed E-state index contributed by atoms with van der Waals surface area (Å²) in [4.78, 5) is 27.8. The molecule has 17 heavy (non-hydrogen) atoms. The van der Waals surface area contributed by atoms with Gasteiger partial charge in [-0.25, -0.2) is 4.79 Å². The van der Waals surface area contributed by atoms with Gasteiger partial charge in [0.15, 0.2) is 0 Å². The van der Waals surface area contributed by atoms with Crippen LogP contribution < -0.4 is 11.2 Å². The van der Waals surface area contributed by atoms with Gasteiger partial charge in [0.1, 0.15) is 0 Å². The maximum absolute atomic E-state index is 11.6. The third-order valence-electron chi connectivity index (χ3n) is 2.71. The van der Waals surface area contributed by atoms with E-state index in [4.69, 9.17) is 0 Å². The highest BCUT2D eigenvalue weighted by Crippen LogP contribution is 2.08. The topological polar surface area (TPSA) is 65.7 Å². The first-order valence-corrected chi connectivity index (χ1v) is 5.59. The van der Waals surface area contributed by atoms with Crippen molar-refractivity contribution in [1.82, 2.24) is 9.97 Å². The van der Waals surface area contributed by atoms with E-state index in [0.717, 1.165) is 5.56 Å². The van der Waals surface area contributed by atoms with Crippen LogP contribution in [0.25, 0.3) is 0 Å². The van der Waals surface area contributed by atoms with Gasteiger partial charge in [-0.15, -0.1) is 0 Å². The molecular weight excluding hydrogens is 216 g/mol. The summed E-state index contributed by atoms with van der Waals surface area (Å²) >= 11 is 0. The highest BCUT2D eigenvalue weighted by molar-refractivity contribution is 5.25. The van der Waals surface area contributed by atoms with Gasteiger partial charge in [-0.1, -0.05) is 37.3 Å². The standard InChI is InChI=1S/C13H14N2O2/c1-2-10-11(14-13(17)15-12(10)16)8-9-6-4-3-5-7-9/h3-7H,2,8H2,1H3,(H2,14,15,16,17). The fourth-order valence-electron chi connectivity index (χ4n) is 1.88. The van der Waals surface area contributed by atoms with Gasteiger partial charge in [-0.3, -0.25) is 9.78 Å². The molecule has 1 aromatic heterocycles. The highest BCUT2D eigenvalue weighted by atomic mass is 16.2. The normalized spacial score (nSPS) is 10.4. The van der Waals surface area contributed by atoms with Gasteiger partial charge in [0.05, 0.1) is 0 Å². The smallest absolute Gasteiger partial charge is 0.311 e. The summed E-state index contributed by atoms with van der Waals surface area (Å²) in [6, 6.07) is 9.75. The molecule has 0 amide bonds. The van der Waals surface area contributed by atoms with E-state index in [1.807, 2.05) is 37.3 Å². The minimum atomic E-state index is -0.446. The SMILES string of the molecule is CCc1c(Cc2ccccc2)[nH]c(=O)[nH]c1=O. The Morgan fingerprint density at radius 2 is 1.76 bits per heavy atom. The van der Waals surface area contributed by atoms with Gasteiger partial charge in [-0.2, -0.15) is 0 Å². The van der Waals surface area contributed by atoms with Gasteiger partial charge in [0, 0.05) is 17.7 Å². The second-order valence-corrected chi connectivity index (χ2v) is 3.88. The molecular formula is C13H14N2O2. The molecule has 0 fully saturated rings. The molecule has 4 heteroatoms. The summed E-state index contributed by atoms with van der Waals surface area (Å²) in [5.41, 5.74) is 1.68. The lowest BCUT2D eigenvalue weighted by atomic mass is 10.0. The van der Waals surface area contributed by atoms with E-state index < -0.39 is 5.69 Å². The number of aromatic amines is 2. The summed E-state index contributed by atoms with van der Waals surface area (Å²) in [5, 5.41) is 0. The van der Waals surface area contributed by atoms with Crippen molar-refractivity contribution in [3.63, 3.8) is 0 Å². The van der Waals surface area contributed by atoms with Crippen molar-refractivity contribution < 1.29 is 0 Å². The van der Waals surface area contributed by atoms with Crippen LogP contribution in [0.1, 0.15) is 23.7 Å². The van der Waals surface area contributed by atoms with E-state index in [0.29, 0.717) is 24.1 Å². The van der Waals surface area contributed by atoms with Crippen molar-refractivity contribution in [3.8, 4) is 0 Å². The minimum Gasteiger partial charge on any atom is -0.311 e. The molecule has 0 bridgehead atoms. The predicted molar refractivity (Wildman–Crippen MR) is 66.3 cm³/mol. The summed E-state index contributed by atoms with van der Waals surface area (Å²) in [7, 11) is 0. The lowest BCUT2D eigenvalue weighted by Crippen LogP contribution is -2.27. The highest BCUT2D eigenvalue weighted by Gasteiger charge is 2.07. The molecule has 0 aliphatic heterocycles. The van der Waals surface area contributed by atoms with Gasteiger partial charge in [-0.05, 0) is 12.0 Å². The number of H-pyrrole nitrogens is 2. The zero-order valence-electron chi connectivity index (χ0n) is 9.62. The van der Waals surface area contributed by atoms with Gasteiger partial charge >= 0.3 is 5.69 Å². The van der Waals surface area contributed by atoms with Crippen molar-refractivity contribution in [2.75, 3.05) is 0 Å². The fourth-order valence-corrected chi connectivity index (χ4v) is 1.88. The Morgan fingerprint density at radius 3 is 2.41 bits per heavy atom. The lowest BCUT2D eigenvalue weighted by molar-refractivity contribution is 0.889. The molecule has 2 aromatic rings. The number of nitrogens with one attached hydrogen (secondary N) is 2. The van der Waals surface area contributed by atoms with Crippen LogP contribution >= 0.6 is 0 Å². The second kappa shape index (κ2) is 4.82. The van der Waals surface area contributed by atoms with Crippen LogP contribution in [-0.2, 0) is 12.8 Å². The largest absolute Gasteiger partial charge is 0.325 e. The number of hydrogen-bond acceptors (Lipinski definition) is 2.